The second-order valence-corrected chi connectivity index (χ2v) is 7.73. The van der Waals surface area contributed by atoms with E-state index in [0.29, 0.717) is 29.4 Å². The van der Waals surface area contributed by atoms with Crippen molar-refractivity contribution >= 4 is 12.0 Å². The first-order chi connectivity index (χ1) is 14.5. The summed E-state index contributed by atoms with van der Waals surface area (Å²) >= 11 is 0. The molecule has 162 valence electrons. The molecule has 0 spiro atoms. The monoisotopic (exact) mass is 415 g/mol. The van der Waals surface area contributed by atoms with Gasteiger partial charge in [-0.2, -0.15) is 0 Å². The van der Waals surface area contributed by atoms with Gasteiger partial charge in [0.05, 0.1) is 18.2 Å². The lowest BCUT2D eigenvalue weighted by atomic mass is 9.93. The molecule has 0 saturated carbocycles. The number of halogens is 1. The predicted octanol–water partition coefficient (Wildman–Crippen LogP) is 3.77. The highest BCUT2D eigenvalue weighted by atomic mass is 19.1. The Morgan fingerprint density at radius 1 is 1.40 bits per heavy atom. The number of hydrogen-bond donors (Lipinski definition) is 1. The lowest BCUT2D eigenvalue weighted by Crippen LogP contribution is -2.52. The van der Waals surface area contributed by atoms with Crippen LogP contribution in [0.4, 0.5) is 9.18 Å². The predicted molar refractivity (Wildman–Crippen MR) is 113 cm³/mol. The van der Waals surface area contributed by atoms with E-state index in [-0.39, 0.29) is 19.2 Å². The Morgan fingerprint density at radius 2 is 2.20 bits per heavy atom. The summed E-state index contributed by atoms with van der Waals surface area (Å²) < 4.78 is 19.3. The van der Waals surface area contributed by atoms with E-state index in [1.165, 1.54) is 23.5 Å². The van der Waals surface area contributed by atoms with Gasteiger partial charge >= 0.3 is 12.0 Å². The molecule has 1 aromatic rings. The van der Waals surface area contributed by atoms with Gasteiger partial charge in [-0.05, 0) is 50.9 Å². The van der Waals surface area contributed by atoms with E-state index in [1.807, 2.05) is 0 Å². The molecule has 1 aromatic carbocycles. The third kappa shape index (κ3) is 4.73. The van der Waals surface area contributed by atoms with Crippen molar-refractivity contribution in [3.05, 3.63) is 59.6 Å². The number of nitrogens with zero attached hydrogens (tertiary/aromatic N) is 2. The molecule has 0 radical (unpaired) electrons. The van der Waals surface area contributed by atoms with Gasteiger partial charge in [0, 0.05) is 24.8 Å². The highest BCUT2D eigenvalue weighted by Gasteiger charge is 2.39. The number of benzene rings is 1. The summed E-state index contributed by atoms with van der Waals surface area (Å²) in [7, 11) is 0. The summed E-state index contributed by atoms with van der Waals surface area (Å²) in [5.74, 6) is -0.926. The van der Waals surface area contributed by atoms with E-state index in [0.717, 1.165) is 19.4 Å². The van der Waals surface area contributed by atoms with Crippen molar-refractivity contribution in [1.82, 2.24) is 15.1 Å². The van der Waals surface area contributed by atoms with Crippen LogP contribution in [0, 0.1) is 5.82 Å². The number of nitrogens with one attached hydrogen (secondary N) is 1. The van der Waals surface area contributed by atoms with Gasteiger partial charge in [-0.3, -0.25) is 9.80 Å². The van der Waals surface area contributed by atoms with Crippen LogP contribution in [0.3, 0.4) is 0 Å². The molecule has 6 nitrogen and oxygen atoms in total. The molecule has 7 heteroatoms. The van der Waals surface area contributed by atoms with Crippen molar-refractivity contribution in [3.63, 3.8) is 0 Å². The molecule has 1 fully saturated rings. The molecular weight excluding hydrogens is 385 g/mol. The summed E-state index contributed by atoms with van der Waals surface area (Å²) in [6.45, 7) is 9.48. The summed E-state index contributed by atoms with van der Waals surface area (Å²) in [6, 6.07) is 5.19. The van der Waals surface area contributed by atoms with Crippen molar-refractivity contribution in [2.45, 2.75) is 45.2 Å². The maximum Gasteiger partial charge on any atom is 0.338 e. The van der Waals surface area contributed by atoms with Crippen LogP contribution in [0.2, 0.25) is 0 Å². The summed E-state index contributed by atoms with van der Waals surface area (Å²) in [6.07, 6.45) is 4.95. The van der Waals surface area contributed by atoms with Crippen LogP contribution in [-0.4, -0.2) is 54.1 Å². The second kappa shape index (κ2) is 9.89. The first-order valence-electron chi connectivity index (χ1n) is 10.5. The molecule has 3 rings (SSSR count). The van der Waals surface area contributed by atoms with Crippen molar-refractivity contribution in [2.24, 2.45) is 0 Å². The molecule has 0 aliphatic carbocycles. The first kappa shape index (κ1) is 22.0. The maximum absolute atomic E-state index is 13.9. The largest absolute Gasteiger partial charge is 0.463 e. The van der Waals surface area contributed by atoms with E-state index in [2.05, 4.69) is 23.7 Å². The van der Waals surface area contributed by atoms with Crippen molar-refractivity contribution in [2.75, 3.05) is 26.2 Å². The minimum atomic E-state index is -0.775. The molecule has 2 amide bonds. The summed E-state index contributed by atoms with van der Waals surface area (Å²) in [5.41, 5.74) is 1.45. The second-order valence-electron chi connectivity index (χ2n) is 7.73. The Morgan fingerprint density at radius 3 is 2.87 bits per heavy atom. The Hall–Kier alpha value is -2.67. The molecule has 1 N–H and O–H groups in total. The van der Waals surface area contributed by atoms with Gasteiger partial charge in [-0.15, -0.1) is 6.58 Å². The van der Waals surface area contributed by atoms with Crippen LogP contribution in [-0.2, 0) is 9.53 Å². The minimum absolute atomic E-state index is 0.209. The molecule has 2 aliphatic rings. The van der Waals surface area contributed by atoms with Gasteiger partial charge in [0.25, 0.3) is 0 Å². The number of ether oxygens (including phenoxy) is 1. The quantitative estimate of drug-likeness (QED) is 0.544. The number of hydrogen-bond acceptors (Lipinski definition) is 4. The van der Waals surface area contributed by atoms with E-state index in [4.69, 9.17) is 4.74 Å². The standard InChI is InChI=1S/C23H30FN3O3/c1-4-12-27-19(15-26-13-7-6-9-16(26)3)20(22(28)30-5-2)21(25-23(27)29)17-10-8-11-18(24)14-17/h4,8,10-11,14,16,21H,1,5-7,9,12-13,15H2,2-3H3,(H,25,29)/t16-,21-/m1/s1. The number of esters is 1. The summed E-state index contributed by atoms with van der Waals surface area (Å²) in [4.78, 5) is 29.9. The van der Waals surface area contributed by atoms with Crippen LogP contribution in [0.1, 0.15) is 44.7 Å². The topological polar surface area (TPSA) is 61.9 Å². The molecule has 2 heterocycles. The van der Waals surface area contributed by atoms with Crippen molar-refractivity contribution in [3.8, 4) is 0 Å². The third-order valence-electron chi connectivity index (χ3n) is 5.72. The third-order valence-corrected chi connectivity index (χ3v) is 5.72. The smallest absolute Gasteiger partial charge is 0.338 e. The van der Waals surface area contributed by atoms with Crippen molar-refractivity contribution in [1.29, 1.82) is 0 Å². The molecule has 2 atom stereocenters. The van der Waals surface area contributed by atoms with Crippen LogP contribution in [0.5, 0.6) is 0 Å². The molecule has 0 unspecified atom stereocenters. The highest BCUT2D eigenvalue weighted by molar-refractivity contribution is 5.95. The maximum atomic E-state index is 13.9. The van der Waals surface area contributed by atoms with Crippen molar-refractivity contribution < 1.29 is 18.7 Å². The van der Waals surface area contributed by atoms with Crippen LogP contribution >= 0.6 is 0 Å². The zero-order valence-corrected chi connectivity index (χ0v) is 17.7. The van der Waals surface area contributed by atoms with Crippen LogP contribution in [0.15, 0.2) is 48.2 Å². The summed E-state index contributed by atoms with van der Waals surface area (Å²) in [5, 5.41) is 2.86. The first-order valence-corrected chi connectivity index (χ1v) is 10.5. The Kier molecular flexibility index (Phi) is 7.26. The average Bonchev–Trinajstić information content (AvgIpc) is 2.72. The zero-order chi connectivity index (χ0) is 21.7. The van der Waals surface area contributed by atoms with Crippen LogP contribution in [0.25, 0.3) is 0 Å². The van der Waals surface area contributed by atoms with E-state index < -0.39 is 17.8 Å². The average molecular weight is 416 g/mol. The molecule has 0 aromatic heterocycles. The fraction of sp³-hybridized carbons (Fsp3) is 0.478. The van der Waals surface area contributed by atoms with Gasteiger partial charge in [-0.25, -0.2) is 14.0 Å². The van der Waals surface area contributed by atoms with Gasteiger partial charge in [0.2, 0.25) is 0 Å². The lowest BCUT2D eigenvalue weighted by Gasteiger charge is -2.40. The zero-order valence-electron chi connectivity index (χ0n) is 17.7. The van der Waals surface area contributed by atoms with Crippen LogP contribution < -0.4 is 5.32 Å². The Labute approximate surface area is 177 Å². The number of likely N-dealkylation sites (tertiary alicyclic amines) is 1. The van der Waals surface area contributed by atoms with Gasteiger partial charge in [-0.1, -0.05) is 24.6 Å². The number of carbonyl (C=O) groups is 2. The molecule has 30 heavy (non-hydrogen) atoms. The molecule has 0 bridgehead atoms. The van der Waals surface area contributed by atoms with E-state index in [9.17, 15) is 14.0 Å². The van der Waals surface area contributed by atoms with Gasteiger partial charge in [0.1, 0.15) is 5.82 Å². The van der Waals surface area contributed by atoms with Gasteiger partial charge in [0.15, 0.2) is 0 Å². The van der Waals surface area contributed by atoms with E-state index >= 15 is 0 Å². The Bertz CT molecular complexity index is 839. The fourth-order valence-electron chi connectivity index (χ4n) is 4.17. The number of rotatable bonds is 7. The number of urea groups is 1. The number of piperidine rings is 1. The fourth-order valence-corrected chi connectivity index (χ4v) is 4.17. The van der Waals surface area contributed by atoms with E-state index in [1.54, 1.807) is 25.1 Å². The number of carbonyl (C=O) groups excluding carboxylic acids is 2. The minimum Gasteiger partial charge on any atom is -0.463 e. The number of amides is 2. The highest BCUT2D eigenvalue weighted by Crippen LogP contribution is 2.33. The SMILES string of the molecule is C=CCN1C(=O)N[C@H](c2cccc(F)c2)C(C(=O)OCC)=C1CN1CCCC[C@H]1C. The lowest BCUT2D eigenvalue weighted by molar-refractivity contribution is -0.139. The molecule has 1 saturated heterocycles. The Balaban J connectivity index is 2.12. The molecular formula is C23H30FN3O3. The van der Waals surface area contributed by atoms with Gasteiger partial charge < -0.3 is 10.1 Å². The normalized spacial score (nSPS) is 22.6. The molecule has 2 aliphatic heterocycles.